The molecule has 0 radical (unpaired) electrons. The molecule has 19 heavy (non-hydrogen) atoms. The van der Waals surface area contributed by atoms with E-state index in [9.17, 15) is 0 Å². The average Bonchev–Trinajstić information content (AvgIpc) is 3.24. The zero-order valence-corrected chi connectivity index (χ0v) is 12.9. The average molecular weight is 282 g/mol. The normalized spacial score (nSPS) is 16.4. The van der Waals surface area contributed by atoms with Crippen LogP contribution in [-0.2, 0) is 6.54 Å². The fraction of sp³-hybridized carbons (Fsp3) is 0.667. The fourth-order valence-electron chi connectivity index (χ4n) is 2.28. The van der Waals surface area contributed by atoms with Crippen LogP contribution in [0.2, 0.25) is 5.02 Å². The van der Waals surface area contributed by atoms with Gasteiger partial charge in [-0.1, -0.05) is 18.5 Å². The SMILES string of the molecule is CCCNCc1nc(N(C)C(C)C2CC2)ccc1Cl. The first-order chi connectivity index (χ1) is 9.13. The Balaban J connectivity index is 2.05. The highest BCUT2D eigenvalue weighted by molar-refractivity contribution is 6.31. The molecule has 1 aliphatic rings. The number of hydrogen-bond donors (Lipinski definition) is 1. The Morgan fingerprint density at radius 1 is 1.47 bits per heavy atom. The van der Waals surface area contributed by atoms with Crippen molar-refractivity contribution in [1.82, 2.24) is 10.3 Å². The smallest absolute Gasteiger partial charge is 0.128 e. The van der Waals surface area contributed by atoms with E-state index >= 15 is 0 Å². The van der Waals surface area contributed by atoms with E-state index in [1.807, 2.05) is 12.1 Å². The first kappa shape index (κ1) is 14.6. The monoisotopic (exact) mass is 281 g/mol. The maximum Gasteiger partial charge on any atom is 0.128 e. The van der Waals surface area contributed by atoms with E-state index in [-0.39, 0.29) is 0 Å². The summed E-state index contributed by atoms with van der Waals surface area (Å²) in [6, 6.07) is 4.54. The molecule has 1 heterocycles. The van der Waals surface area contributed by atoms with Gasteiger partial charge in [-0.25, -0.2) is 4.98 Å². The quantitative estimate of drug-likeness (QED) is 0.776. The lowest BCUT2D eigenvalue weighted by Gasteiger charge is -2.26. The molecule has 0 spiro atoms. The van der Waals surface area contributed by atoms with Crippen LogP contribution in [0.1, 0.15) is 38.8 Å². The minimum atomic E-state index is 0.560. The molecule has 1 fully saturated rings. The minimum absolute atomic E-state index is 0.560. The van der Waals surface area contributed by atoms with Gasteiger partial charge >= 0.3 is 0 Å². The molecule has 0 aliphatic heterocycles. The molecule has 1 aromatic heterocycles. The summed E-state index contributed by atoms with van der Waals surface area (Å²) in [7, 11) is 2.13. The van der Waals surface area contributed by atoms with Crippen molar-refractivity contribution in [2.75, 3.05) is 18.5 Å². The second-order valence-corrected chi connectivity index (χ2v) is 5.87. The lowest BCUT2D eigenvalue weighted by molar-refractivity contribution is 0.601. The molecule has 4 heteroatoms. The Labute approximate surface area is 121 Å². The van der Waals surface area contributed by atoms with E-state index in [1.165, 1.54) is 12.8 Å². The maximum atomic E-state index is 6.21. The zero-order valence-electron chi connectivity index (χ0n) is 12.1. The van der Waals surface area contributed by atoms with Crippen molar-refractivity contribution in [1.29, 1.82) is 0 Å². The van der Waals surface area contributed by atoms with Gasteiger partial charge in [-0.3, -0.25) is 0 Å². The summed E-state index contributed by atoms with van der Waals surface area (Å²) in [4.78, 5) is 6.98. The molecule has 3 nitrogen and oxygen atoms in total. The lowest BCUT2D eigenvalue weighted by atomic mass is 10.2. The standard InChI is InChI=1S/C15H24ClN3/c1-4-9-17-10-14-13(16)7-8-15(18-14)19(3)11(2)12-5-6-12/h7-8,11-12,17H,4-6,9-10H2,1-3H3. The van der Waals surface area contributed by atoms with Crippen LogP contribution in [0.25, 0.3) is 0 Å². The molecule has 0 bridgehead atoms. The molecule has 0 aromatic carbocycles. The van der Waals surface area contributed by atoms with Gasteiger partial charge in [0.15, 0.2) is 0 Å². The van der Waals surface area contributed by atoms with Crippen LogP contribution in [-0.4, -0.2) is 24.6 Å². The Morgan fingerprint density at radius 2 is 2.21 bits per heavy atom. The summed E-state index contributed by atoms with van der Waals surface area (Å²) in [6.45, 7) is 6.18. The summed E-state index contributed by atoms with van der Waals surface area (Å²) >= 11 is 6.21. The second kappa shape index (κ2) is 6.58. The third-order valence-corrected chi connectivity index (χ3v) is 4.24. The number of aromatic nitrogens is 1. The number of pyridine rings is 1. The van der Waals surface area contributed by atoms with Crippen molar-refractivity contribution in [3.05, 3.63) is 22.8 Å². The van der Waals surface area contributed by atoms with Crippen LogP contribution in [0.3, 0.4) is 0 Å². The van der Waals surface area contributed by atoms with Gasteiger partial charge in [-0.15, -0.1) is 0 Å². The molecular weight excluding hydrogens is 258 g/mol. The summed E-state index contributed by atoms with van der Waals surface area (Å²) in [5, 5.41) is 4.11. The van der Waals surface area contributed by atoms with Gasteiger partial charge in [0.05, 0.1) is 10.7 Å². The van der Waals surface area contributed by atoms with Gasteiger partial charge in [0.2, 0.25) is 0 Å². The van der Waals surface area contributed by atoms with E-state index in [1.54, 1.807) is 0 Å². The number of nitrogens with zero attached hydrogens (tertiary/aromatic N) is 2. The highest BCUT2D eigenvalue weighted by Crippen LogP contribution is 2.36. The lowest BCUT2D eigenvalue weighted by Crippen LogP contribution is -2.31. The van der Waals surface area contributed by atoms with Crippen LogP contribution in [0.5, 0.6) is 0 Å². The van der Waals surface area contributed by atoms with Gasteiger partial charge in [0.1, 0.15) is 5.82 Å². The van der Waals surface area contributed by atoms with Crippen LogP contribution >= 0.6 is 11.6 Å². The van der Waals surface area contributed by atoms with Gasteiger partial charge in [0.25, 0.3) is 0 Å². The summed E-state index contributed by atoms with van der Waals surface area (Å²) in [5.41, 5.74) is 0.947. The highest BCUT2D eigenvalue weighted by Gasteiger charge is 2.31. The molecular formula is C15H24ClN3. The molecule has 1 aliphatic carbocycles. The number of anilines is 1. The van der Waals surface area contributed by atoms with Crippen LogP contribution in [0, 0.1) is 5.92 Å². The van der Waals surface area contributed by atoms with Crippen molar-refractivity contribution in [2.45, 2.75) is 45.7 Å². The topological polar surface area (TPSA) is 28.2 Å². The number of halogens is 1. The fourth-order valence-corrected chi connectivity index (χ4v) is 2.45. The van der Waals surface area contributed by atoms with Crippen LogP contribution < -0.4 is 10.2 Å². The zero-order chi connectivity index (χ0) is 13.8. The van der Waals surface area contributed by atoms with Crippen molar-refractivity contribution >= 4 is 17.4 Å². The molecule has 0 amide bonds. The summed E-state index contributed by atoms with van der Waals surface area (Å²) in [5.74, 6) is 1.86. The molecule has 2 rings (SSSR count). The molecule has 0 saturated heterocycles. The van der Waals surface area contributed by atoms with Crippen molar-refractivity contribution in [3.63, 3.8) is 0 Å². The summed E-state index contributed by atoms with van der Waals surface area (Å²) < 4.78 is 0. The first-order valence-corrected chi connectivity index (χ1v) is 7.60. The van der Waals surface area contributed by atoms with Gasteiger partial charge in [-0.2, -0.15) is 0 Å². The Kier molecular flexibility index (Phi) is 5.06. The van der Waals surface area contributed by atoms with Gasteiger partial charge in [-0.05, 0) is 50.8 Å². The Bertz CT molecular complexity index is 418. The van der Waals surface area contributed by atoms with Crippen LogP contribution in [0.4, 0.5) is 5.82 Å². The molecule has 1 N–H and O–H groups in total. The van der Waals surface area contributed by atoms with Crippen molar-refractivity contribution in [3.8, 4) is 0 Å². The third kappa shape index (κ3) is 3.83. The van der Waals surface area contributed by atoms with E-state index in [0.29, 0.717) is 6.04 Å². The molecule has 1 aromatic rings. The minimum Gasteiger partial charge on any atom is -0.357 e. The van der Waals surface area contributed by atoms with E-state index in [4.69, 9.17) is 16.6 Å². The molecule has 1 saturated carbocycles. The number of rotatable bonds is 7. The maximum absolute atomic E-state index is 6.21. The number of nitrogens with one attached hydrogen (secondary N) is 1. The Hall–Kier alpha value is -0.800. The number of hydrogen-bond acceptors (Lipinski definition) is 3. The molecule has 1 unspecified atom stereocenters. The predicted molar refractivity (Wildman–Crippen MR) is 81.8 cm³/mol. The molecule has 1 atom stereocenters. The Morgan fingerprint density at radius 3 is 2.84 bits per heavy atom. The summed E-state index contributed by atoms with van der Waals surface area (Å²) in [6.07, 6.45) is 3.82. The van der Waals surface area contributed by atoms with Gasteiger partial charge in [0, 0.05) is 19.6 Å². The first-order valence-electron chi connectivity index (χ1n) is 7.22. The van der Waals surface area contributed by atoms with E-state index in [0.717, 1.165) is 42.0 Å². The van der Waals surface area contributed by atoms with Crippen molar-refractivity contribution < 1.29 is 0 Å². The predicted octanol–water partition coefficient (Wildman–Crippen LogP) is 3.47. The van der Waals surface area contributed by atoms with E-state index in [2.05, 4.69) is 31.1 Å². The largest absolute Gasteiger partial charge is 0.357 e. The second-order valence-electron chi connectivity index (χ2n) is 5.46. The van der Waals surface area contributed by atoms with Crippen molar-refractivity contribution in [2.24, 2.45) is 5.92 Å². The van der Waals surface area contributed by atoms with E-state index < -0.39 is 0 Å². The molecule has 106 valence electrons. The highest BCUT2D eigenvalue weighted by atomic mass is 35.5. The van der Waals surface area contributed by atoms with Gasteiger partial charge < -0.3 is 10.2 Å². The third-order valence-electron chi connectivity index (χ3n) is 3.90. The van der Waals surface area contributed by atoms with Crippen LogP contribution in [0.15, 0.2) is 12.1 Å².